The van der Waals surface area contributed by atoms with Crippen molar-refractivity contribution in [3.63, 3.8) is 0 Å². The molecule has 140 valence electrons. The number of thiophene rings is 1. The first kappa shape index (κ1) is 18.7. The average molecular weight is 385 g/mol. The van der Waals surface area contributed by atoms with E-state index in [0.717, 1.165) is 0 Å². The van der Waals surface area contributed by atoms with E-state index in [1.165, 1.54) is 11.3 Å². The molecule has 0 aliphatic carbocycles. The smallest absolute Gasteiger partial charge is 0.258 e. The monoisotopic (exact) mass is 385 g/mol. The van der Waals surface area contributed by atoms with Gasteiger partial charge in [-0.25, -0.2) is 4.98 Å². The number of benzene rings is 1. The van der Waals surface area contributed by atoms with Gasteiger partial charge in [-0.1, -0.05) is 12.1 Å². The van der Waals surface area contributed by atoms with Gasteiger partial charge in [0.2, 0.25) is 5.91 Å². The fourth-order valence-electron chi connectivity index (χ4n) is 2.60. The predicted molar refractivity (Wildman–Crippen MR) is 105 cm³/mol. The summed E-state index contributed by atoms with van der Waals surface area (Å²) in [5.74, 6) is -0.411. The quantitative estimate of drug-likeness (QED) is 0.594. The lowest BCUT2D eigenvalue weighted by Crippen LogP contribution is -2.39. The maximum absolute atomic E-state index is 12.5. The van der Waals surface area contributed by atoms with Crippen LogP contribution in [0.15, 0.2) is 40.5 Å². The number of rotatable bonds is 6. The maximum Gasteiger partial charge on any atom is 0.258 e. The molecule has 2 amide bonds. The molecule has 0 aliphatic heterocycles. The number of primary amides is 1. The zero-order valence-corrected chi connectivity index (χ0v) is 15.7. The summed E-state index contributed by atoms with van der Waals surface area (Å²) in [7, 11) is 1.75. The van der Waals surface area contributed by atoms with Crippen molar-refractivity contribution in [3.05, 3.63) is 57.5 Å². The van der Waals surface area contributed by atoms with Gasteiger partial charge in [-0.3, -0.25) is 19.3 Å². The van der Waals surface area contributed by atoms with E-state index >= 15 is 0 Å². The number of hydrogen-bond donors (Lipinski definition) is 3. The number of carbonyl (C=O) groups is 2. The summed E-state index contributed by atoms with van der Waals surface area (Å²) in [5, 5.41) is 5.35. The Bertz CT molecular complexity index is 1060. The molecule has 0 aliphatic rings. The van der Waals surface area contributed by atoms with Gasteiger partial charge in [0, 0.05) is 0 Å². The van der Waals surface area contributed by atoms with Gasteiger partial charge < -0.3 is 16.0 Å². The van der Waals surface area contributed by atoms with Gasteiger partial charge in [0.05, 0.1) is 29.1 Å². The van der Waals surface area contributed by atoms with Gasteiger partial charge in [0.15, 0.2) is 0 Å². The number of amides is 2. The number of nitrogens with two attached hydrogens (primary N) is 1. The number of fused-ring (bicyclic) bond motifs is 1. The fraction of sp³-hybridized carbons (Fsp3) is 0.222. The second kappa shape index (κ2) is 7.68. The van der Waals surface area contributed by atoms with Gasteiger partial charge in [-0.15, -0.1) is 11.3 Å². The highest BCUT2D eigenvalue weighted by molar-refractivity contribution is 7.14. The highest BCUT2D eigenvalue weighted by Gasteiger charge is 2.21. The summed E-state index contributed by atoms with van der Waals surface area (Å²) in [6.45, 7) is 2.01. The molecule has 0 saturated heterocycles. The van der Waals surface area contributed by atoms with Crippen molar-refractivity contribution < 1.29 is 9.59 Å². The normalized spacial score (nSPS) is 12.3. The summed E-state index contributed by atoms with van der Waals surface area (Å²) in [4.78, 5) is 45.0. The van der Waals surface area contributed by atoms with Crippen LogP contribution in [0.3, 0.4) is 0 Å². The topological polar surface area (TPSA) is 121 Å². The van der Waals surface area contributed by atoms with E-state index in [1.54, 1.807) is 48.5 Å². The Morgan fingerprint density at radius 1 is 1.33 bits per heavy atom. The van der Waals surface area contributed by atoms with Crippen molar-refractivity contribution in [2.45, 2.75) is 19.5 Å². The van der Waals surface area contributed by atoms with Crippen molar-refractivity contribution in [2.75, 3.05) is 12.4 Å². The third kappa shape index (κ3) is 4.04. The van der Waals surface area contributed by atoms with E-state index in [0.29, 0.717) is 21.7 Å². The van der Waals surface area contributed by atoms with Crippen molar-refractivity contribution in [3.8, 4) is 0 Å². The molecule has 3 rings (SSSR count). The van der Waals surface area contributed by atoms with Crippen molar-refractivity contribution in [1.82, 2.24) is 14.9 Å². The van der Waals surface area contributed by atoms with Gasteiger partial charge >= 0.3 is 0 Å². The van der Waals surface area contributed by atoms with Gasteiger partial charge in [-0.05, 0) is 37.6 Å². The largest absolute Gasteiger partial charge is 0.366 e. The number of carbonyl (C=O) groups excluding carboxylic acids is 2. The number of H-pyrrole nitrogens is 1. The molecule has 8 nitrogen and oxygen atoms in total. The van der Waals surface area contributed by atoms with E-state index in [2.05, 4.69) is 15.3 Å². The van der Waals surface area contributed by atoms with Crippen molar-refractivity contribution in [2.24, 2.45) is 5.73 Å². The minimum atomic E-state index is -0.592. The molecule has 4 N–H and O–H groups in total. The first-order valence-corrected chi connectivity index (χ1v) is 9.11. The van der Waals surface area contributed by atoms with Gasteiger partial charge in [-0.2, -0.15) is 0 Å². The fourth-order valence-corrected chi connectivity index (χ4v) is 3.39. The van der Waals surface area contributed by atoms with Crippen LogP contribution in [-0.4, -0.2) is 39.8 Å². The summed E-state index contributed by atoms with van der Waals surface area (Å²) < 4.78 is 0. The van der Waals surface area contributed by atoms with Crippen LogP contribution in [0, 0.1) is 0 Å². The molecule has 9 heteroatoms. The molecular formula is C18H19N5O3S. The van der Waals surface area contributed by atoms with Crippen LogP contribution in [0.4, 0.5) is 5.00 Å². The van der Waals surface area contributed by atoms with E-state index < -0.39 is 11.9 Å². The Labute approximate surface area is 159 Å². The maximum atomic E-state index is 12.5. The van der Waals surface area contributed by atoms with Crippen LogP contribution in [-0.2, 0) is 11.3 Å². The van der Waals surface area contributed by atoms with Crippen LogP contribution in [0.2, 0.25) is 0 Å². The lowest BCUT2D eigenvalue weighted by atomic mass is 10.2. The molecule has 2 heterocycles. The van der Waals surface area contributed by atoms with Crippen LogP contribution < -0.4 is 16.6 Å². The Morgan fingerprint density at radius 2 is 2.07 bits per heavy atom. The lowest BCUT2D eigenvalue weighted by Gasteiger charge is -2.23. The minimum absolute atomic E-state index is 0.217. The standard InChI is InChI=1S/C18H19N5O3S/c1-10(16(25)22-18-12(15(19)24)7-8-27-18)23(2)9-14-20-13-6-4-3-5-11(13)17(26)21-14/h3-8,10H,9H2,1-2H3,(H2,19,24)(H,22,25)(H,20,21,26). The predicted octanol–water partition coefficient (Wildman–Crippen LogP) is 1.54. The molecule has 0 saturated carbocycles. The van der Waals surface area contributed by atoms with Crippen LogP contribution >= 0.6 is 11.3 Å². The Morgan fingerprint density at radius 3 is 2.81 bits per heavy atom. The Kier molecular flexibility index (Phi) is 5.33. The summed E-state index contributed by atoms with van der Waals surface area (Å²) in [6, 6.07) is 8.12. The third-order valence-electron chi connectivity index (χ3n) is 4.27. The zero-order chi connectivity index (χ0) is 19.6. The van der Waals surface area contributed by atoms with E-state index in [1.807, 2.05) is 6.07 Å². The van der Waals surface area contributed by atoms with Crippen molar-refractivity contribution in [1.29, 1.82) is 0 Å². The van der Waals surface area contributed by atoms with E-state index in [9.17, 15) is 14.4 Å². The molecule has 27 heavy (non-hydrogen) atoms. The number of anilines is 1. The molecule has 0 fully saturated rings. The zero-order valence-electron chi connectivity index (χ0n) is 14.9. The van der Waals surface area contributed by atoms with Crippen LogP contribution in [0.5, 0.6) is 0 Å². The molecule has 0 spiro atoms. The van der Waals surface area contributed by atoms with Gasteiger partial charge in [0.1, 0.15) is 10.8 Å². The molecule has 3 aromatic rings. The summed E-state index contributed by atoms with van der Waals surface area (Å²) in [5.41, 5.74) is 5.96. The van der Waals surface area contributed by atoms with E-state index in [4.69, 9.17) is 5.73 Å². The number of nitrogens with zero attached hydrogens (tertiary/aromatic N) is 2. The first-order chi connectivity index (χ1) is 12.9. The molecule has 0 radical (unpaired) electrons. The molecule has 1 atom stereocenters. The Balaban J connectivity index is 1.72. The molecule has 2 aromatic heterocycles. The summed E-state index contributed by atoms with van der Waals surface area (Å²) in [6.07, 6.45) is 0. The number of aromatic nitrogens is 2. The highest BCUT2D eigenvalue weighted by atomic mass is 32.1. The number of aromatic amines is 1. The highest BCUT2D eigenvalue weighted by Crippen LogP contribution is 2.23. The van der Waals surface area contributed by atoms with Crippen molar-refractivity contribution >= 4 is 39.1 Å². The van der Waals surface area contributed by atoms with Crippen LogP contribution in [0.25, 0.3) is 10.9 Å². The number of hydrogen-bond acceptors (Lipinski definition) is 6. The SMILES string of the molecule is CC(C(=O)Nc1sccc1C(N)=O)N(C)Cc1nc2ccccc2c(=O)[nH]1. The lowest BCUT2D eigenvalue weighted by molar-refractivity contribution is -0.120. The first-order valence-electron chi connectivity index (χ1n) is 8.23. The third-order valence-corrected chi connectivity index (χ3v) is 5.10. The molecule has 1 aromatic carbocycles. The minimum Gasteiger partial charge on any atom is -0.366 e. The molecule has 1 unspecified atom stereocenters. The number of likely N-dealkylation sites (N-methyl/N-ethyl adjacent to an activating group) is 1. The Hall–Kier alpha value is -3.04. The van der Waals surface area contributed by atoms with E-state index in [-0.39, 0.29) is 23.6 Å². The summed E-state index contributed by atoms with van der Waals surface area (Å²) >= 11 is 1.23. The second-order valence-electron chi connectivity index (χ2n) is 6.14. The molecular weight excluding hydrogens is 366 g/mol. The van der Waals surface area contributed by atoms with Crippen LogP contribution in [0.1, 0.15) is 23.1 Å². The average Bonchev–Trinajstić information content (AvgIpc) is 3.09. The number of para-hydroxylation sites is 1. The second-order valence-corrected chi connectivity index (χ2v) is 7.05. The molecule has 0 bridgehead atoms. The number of nitrogens with one attached hydrogen (secondary N) is 2. The van der Waals surface area contributed by atoms with Gasteiger partial charge in [0.25, 0.3) is 11.5 Å².